The number of aliphatic hydroxyl groups is 1. The summed E-state index contributed by atoms with van der Waals surface area (Å²) in [5.41, 5.74) is 5.38. The van der Waals surface area contributed by atoms with Crippen LogP contribution in [-0.4, -0.2) is 82.4 Å². The fourth-order valence-corrected chi connectivity index (χ4v) is 3.82. The fraction of sp³-hybridized carbons (Fsp3) is 0.722. The van der Waals surface area contributed by atoms with E-state index in [2.05, 4.69) is 10.6 Å². The first-order chi connectivity index (χ1) is 14.0. The lowest BCUT2D eigenvalue weighted by Gasteiger charge is -2.39. The summed E-state index contributed by atoms with van der Waals surface area (Å²) in [6.45, 7) is 3.18. The Hall–Kier alpha value is -2.34. The predicted octanol–water partition coefficient (Wildman–Crippen LogP) is -3.05. The summed E-state index contributed by atoms with van der Waals surface area (Å²) in [7, 11) is 0. The van der Waals surface area contributed by atoms with Crippen LogP contribution in [0.5, 0.6) is 0 Å². The summed E-state index contributed by atoms with van der Waals surface area (Å²) in [6, 6.07) is -2.33. The van der Waals surface area contributed by atoms with Crippen LogP contribution < -0.4 is 21.5 Å². The van der Waals surface area contributed by atoms with E-state index in [1.54, 1.807) is 0 Å². The van der Waals surface area contributed by atoms with E-state index in [1.807, 2.05) is 13.8 Å². The first-order valence-electron chi connectivity index (χ1n) is 9.62. The lowest BCUT2D eigenvalue weighted by atomic mass is 9.95. The number of nitrogens with two attached hydrogens (primary N) is 1. The minimum atomic E-state index is -1.30. The molecule has 1 fully saturated rings. The maximum Gasteiger partial charge on any atom is 0.245 e. The molecule has 0 saturated carbocycles. The number of piperidine rings is 1. The Morgan fingerprint density at radius 2 is 1.90 bits per heavy atom. The summed E-state index contributed by atoms with van der Waals surface area (Å²) in [5.74, 6) is -4.04. The molecule has 0 bridgehead atoms. The number of aliphatic carboxylic acids is 1. The lowest BCUT2D eigenvalue weighted by molar-refractivity contribution is -0.301. The highest BCUT2D eigenvalue weighted by atomic mass is 32.2. The van der Waals surface area contributed by atoms with Crippen molar-refractivity contribution in [3.8, 4) is 0 Å². The third-order valence-electron chi connectivity index (χ3n) is 4.55. The molecule has 1 aliphatic heterocycles. The Balaban J connectivity index is 2.93. The monoisotopic (exact) mass is 445 g/mol. The van der Waals surface area contributed by atoms with Crippen LogP contribution in [0.1, 0.15) is 33.1 Å². The van der Waals surface area contributed by atoms with Crippen LogP contribution in [0.25, 0.3) is 0 Å². The van der Waals surface area contributed by atoms with Gasteiger partial charge in [0.25, 0.3) is 0 Å². The van der Waals surface area contributed by atoms with E-state index < -0.39 is 54.3 Å². The van der Waals surface area contributed by atoms with E-state index >= 15 is 0 Å². The molecule has 1 saturated heterocycles. The lowest BCUT2D eigenvalue weighted by Crippen LogP contribution is -2.60. The Morgan fingerprint density at radius 1 is 1.23 bits per heavy atom. The van der Waals surface area contributed by atoms with Crippen molar-refractivity contribution in [2.75, 3.05) is 24.7 Å². The van der Waals surface area contributed by atoms with Crippen LogP contribution in [0.4, 0.5) is 0 Å². The topological polar surface area (TPSA) is 182 Å². The number of carbonyl (C=O) groups excluding carboxylic acids is 5. The van der Waals surface area contributed by atoms with Crippen LogP contribution in [0, 0.1) is 5.92 Å². The summed E-state index contributed by atoms with van der Waals surface area (Å²) < 4.78 is 0. The minimum Gasteiger partial charge on any atom is -0.549 e. The molecule has 170 valence electrons. The van der Waals surface area contributed by atoms with E-state index in [0.29, 0.717) is 12.8 Å². The zero-order valence-electron chi connectivity index (χ0n) is 17.1. The van der Waals surface area contributed by atoms with Gasteiger partial charge in [-0.2, -0.15) is 0 Å². The Morgan fingerprint density at radius 3 is 2.43 bits per heavy atom. The number of rotatable bonds is 11. The average molecular weight is 446 g/mol. The number of primary amides is 1. The standard InChI is InChI=1S/C18H30N4O7S/c1-10(2)5-12(17(19)28)21-18(29)13-6-11(20-14(24)7-23)3-4-22(13)15(25)8-30-9-16(26)27/h10-13,23H,3-9H2,1-2H3,(H2,19,28)(H,20,24)(H,21,29)(H,26,27)/p-1/t11-,12+,13-/m0/s1. The number of hydrogen-bond acceptors (Lipinski definition) is 8. The van der Waals surface area contributed by atoms with Crippen molar-refractivity contribution in [1.29, 1.82) is 0 Å². The molecule has 11 nitrogen and oxygen atoms in total. The van der Waals surface area contributed by atoms with Crippen molar-refractivity contribution in [2.24, 2.45) is 11.7 Å². The van der Waals surface area contributed by atoms with Gasteiger partial charge in [-0.1, -0.05) is 13.8 Å². The number of aliphatic hydroxyl groups excluding tert-OH is 1. The average Bonchev–Trinajstić information content (AvgIpc) is 2.66. The highest BCUT2D eigenvalue weighted by Crippen LogP contribution is 2.20. The largest absolute Gasteiger partial charge is 0.549 e. The van der Waals surface area contributed by atoms with Crippen LogP contribution in [0.3, 0.4) is 0 Å². The Bertz CT molecular complexity index is 658. The highest BCUT2D eigenvalue weighted by Gasteiger charge is 2.37. The van der Waals surface area contributed by atoms with Crippen molar-refractivity contribution < 1.29 is 34.2 Å². The number of nitrogens with one attached hydrogen (secondary N) is 2. The molecule has 12 heteroatoms. The number of amides is 4. The number of thioether (sulfide) groups is 1. The van der Waals surface area contributed by atoms with Gasteiger partial charge in [-0.15, -0.1) is 11.8 Å². The molecule has 0 aromatic rings. The molecular formula is C18H29N4O7S-. The molecule has 4 amide bonds. The molecule has 0 radical (unpaired) electrons. The highest BCUT2D eigenvalue weighted by molar-refractivity contribution is 8.00. The molecule has 3 atom stereocenters. The second kappa shape index (κ2) is 12.4. The maximum atomic E-state index is 12.9. The Kier molecular flexibility index (Phi) is 10.6. The van der Waals surface area contributed by atoms with Crippen molar-refractivity contribution in [3.05, 3.63) is 0 Å². The normalized spacial score (nSPS) is 19.8. The van der Waals surface area contributed by atoms with Crippen molar-refractivity contribution in [1.82, 2.24) is 15.5 Å². The maximum absolute atomic E-state index is 12.9. The summed E-state index contributed by atoms with van der Waals surface area (Å²) >= 11 is 0.857. The molecule has 1 aliphatic rings. The van der Waals surface area contributed by atoms with E-state index in [0.717, 1.165) is 11.8 Å². The van der Waals surface area contributed by atoms with Crippen molar-refractivity contribution >= 4 is 41.4 Å². The van der Waals surface area contributed by atoms with Crippen molar-refractivity contribution in [2.45, 2.75) is 51.2 Å². The van der Waals surface area contributed by atoms with Gasteiger partial charge in [0.1, 0.15) is 18.7 Å². The molecule has 1 rings (SSSR count). The minimum absolute atomic E-state index is 0.0849. The second-order valence-electron chi connectivity index (χ2n) is 7.51. The van der Waals surface area contributed by atoms with E-state index in [4.69, 9.17) is 10.8 Å². The van der Waals surface area contributed by atoms with Gasteiger partial charge in [0, 0.05) is 18.3 Å². The molecule has 0 unspecified atom stereocenters. The molecular weight excluding hydrogens is 416 g/mol. The first-order valence-corrected chi connectivity index (χ1v) is 10.8. The number of carboxylic acid groups (broad SMARTS) is 1. The summed E-state index contributed by atoms with van der Waals surface area (Å²) in [6.07, 6.45) is 0.771. The molecule has 0 spiro atoms. The zero-order valence-corrected chi connectivity index (χ0v) is 17.9. The van der Waals surface area contributed by atoms with E-state index in [1.165, 1.54) is 4.90 Å². The number of likely N-dealkylation sites (tertiary alicyclic amines) is 1. The van der Waals surface area contributed by atoms with Crippen LogP contribution >= 0.6 is 11.8 Å². The molecule has 5 N–H and O–H groups in total. The molecule has 30 heavy (non-hydrogen) atoms. The quantitative estimate of drug-likeness (QED) is 0.259. The van der Waals surface area contributed by atoms with Gasteiger partial charge in [0.05, 0.1) is 11.7 Å². The summed E-state index contributed by atoms with van der Waals surface area (Å²) in [5, 5.41) is 24.6. The number of nitrogens with zero attached hydrogens (tertiary/aromatic N) is 1. The SMILES string of the molecule is CC(C)C[C@@H](NC(=O)[C@@H]1C[C@@H](NC(=O)CO)CCN1C(=O)CSCC(=O)[O-])C(N)=O. The van der Waals surface area contributed by atoms with Gasteiger partial charge >= 0.3 is 0 Å². The summed E-state index contributed by atoms with van der Waals surface area (Å²) in [4.78, 5) is 60.5. The number of carboxylic acids is 1. The molecule has 1 heterocycles. The van der Waals surface area contributed by atoms with Gasteiger partial charge in [-0.05, 0) is 25.2 Å². The Labute approximate surface area is 179 Å². The smallest absolute Gasteiger partial charge is 0.245 e. The van der Waals surface area contributed by atoms with Crippen LogP contribution in [-0.2, 0) is 24.0 Å². The first kappa shape index (κ1) is 25.7. The third-order valence-corrected chi connectivity index (χ3v) is 5.44. The van der Waals surface area contributed by atoms with Crippen LogP contribution in [0.15, 0.2) is 0 Å². The molecule has 0 aromatic carbocycles. The number of carbonyl (C=O) groups is 5. The van der Waals surface area contributed by atoms with Crippen LogP contribution in [0.2, 0.25) is 0 Å². The molecule has 0 aliphatic carbocycles. The van der Waals surface area contributed by atoms with E-state index in [9.17, 15) is 29.1 Å². The second-order valence-corrected chi connectivity index (χ2v) is 8.49. The fourth-order valence-electron chi connectivity index (χ4n) is 3.21. The predicted molar refractivity (Wildman–Crippen MR) is 107 cm³/mol. The van der Waals surface area contributed by atoms with Gasteiger partial charge in [0.15, 0.2) is 0 Å². The van der Waals surface area contributed by atoms with Gasteiger partial charge in [-0.25, -0.2) is 0 Å². The number of hydrogen-bond donors (Lipinski definition) is 4. The van der Waals surface area contributed by atoms with Gasteiger partial charge in [-0.3, -0.25) is 19.2 Å². The third kappa shape index (κ3) is 8.57. The zero-order chi connectivity index (χ0) is 22.8. The van der Waals surface area contributed by atoms with E-state index in [-0.39, 0.29) is 30.4 Å². The van der Waals surface area contributed by atoms with Gasteiger partial charge in [0.2, 0.25) is 23.6 Å². The van der Waals surface area contributed by atoms with Crippen molar-refractivity contribution in [3.63, 3.8) is 0 Å². The van der Waals surface area contributed by atoms with Gasteiger partial charge < -0.3 is 36.3 Å². The molecule has 0 aromatic heterocycles.